The molecule has 1 aromatic heterocycles. The highest BCUT2D eigenvalue weighted by atomic mass is 16.6. The Hall–Kier alpha value is -1.95. The highest BCUT2D eigenvalue weighted by molar-refractivity contribution is 5.77. The zero-order valence-corrected chi connectivity index (χ0v) is 8.08. The number of hydrogen-bond acceptors (Lipinski definition) is 4. The molecule has 0 spiro atoms. The number of benzene rings is 1. The Morgan fingerprint density at radius 3 is 3.07 bits per heavy atom. The fraction of sp³-hybridized carbons (Fsp3) is 0.222. The van der Waals surface area contributed by atoms with E-state index in [-0.39, 0.29) is 5.69 Å². The van der Waals surface area contributed by atoms with E-state index in [4.69, 9.17) is 4.74 Å². The van der Waals surface area contributed by atoms with Gasteiger partial charge in [-0.3, -0.25) is 10.1 Å². The van der Waals surface area contributed by atoms with Gasteiger partial charge in [0.15, 0.2) is 0 Å². The van der Waals surface area contributed by atoms with Crippen LogP contribution in [-0.2, 0) is 11.5 Å². The Kier molecular flexibility index (Phi) is 2.34. The Morgan fingerprint density at radius 1 is 1.60 bits per heavy atom. The van der Waals surface area contributed by atoms with Crippen molar-refractivity contribution >= 4 is 16.7 Å². The van der Waals surface area contributed by atoms with E-state index in [2.05, 4.69) is 4.98 Å². The van der Waals surface area contributed by atoms with Crippen molar-refractivity contribution in [3.8, 4) is 0 Å². The van der Waals surface area contributed by atoms with Gasteiger partial charge in [-0.25, -0.2) is 4.98 Å². The summed E-state index contributed by atoms with van der Waals surface area (Å²) in [4.78, 5) is 14.3. The normalized spacial score (nSPS) is 10.7. The fourth-order valence-electron chi connectivity index (χ4n) is 1.40. The zero-order valence-electron chi connectivity index (χ0n) is 8.08. The third kappa shape index (κ3) is 1.66. The van der Waals surface area contributed by atoms with Crippen LogP contribution >= 0.6 is 0 Å². The summed E-state index contributed by atoms with van der Waals surface area (Å²) in [6, 6.07) is 4.55. The topological polar surface area (TPSA) is 70.2 Å². The van der Waals surface area contributed by atoms with Crippen LogP contribution in [0.25, 0.3) is 11.0 Å². The van der Waals surface area contributed by atoms with Crippen molar-refractivity contribution in [3.05, 3.63) is 34.6 Å². The first-order valence-corrected chi connectivity index (χ1v) is 4.30. The predicted molar refractivity (Wildman–Crippen MR) is 53.4 cm³/mol. The Morgan fingerprint density at radius 2 is 2.40 bits per heavy atom. The van der Waals surface area contributed by atoms with Crippen molar-refractivity contribution in [1.29, 1.82) is 0 Å². The van der Waals surface area contributed by atoms with Gasteiger partial charge < -0.3 is 9.30 Å². The molecular weight excluding hydrogens is 198 g/mol. The molecule has 0 aliphatic carbocycles. The molecule has 0 saturated heterocycles. The molecule has 0 fully saturated rings. The molecule has 1 aromatic carbocycles. The number of rotatable bonds is 3. The summed E-state index contributed by atoms with van der Waals surface area (Å²) < 4.78 is 6.66. The molecular formula is C9H9N3O3. The van der Waals surface area contributed by atoms with Crippen LogP contribution in [0.5, 0.6) is 0 Å². The first kappa shape index (κ1) is 9.60. The Balaban J connectivity index is 2.56. The number of ether oxygens (including phenoxy) is 1. The van der Waals surface area contributed by atoms with Crippen molar-refractivity contribution in [1.82, 2.24) is 9.55 Å². The lowest BCUT2D eigenvalue weighted by atomic mass is 10.3. The summed E-state index contributed by atoms with van der Waals surface area (Å²) >= 11 is 0. The maximum Gasteiger partial charge on any atom is 0.271 e. The second kappa shape index (κ2) is 3.66. The smallest absolute Gasteiger partial charge is 0.271 e. The number of hydrogen-bond donors (Lipinski definition) is 0. The first-order valence-electron chi connectivity index (χ1n) is 4.30. The van der Waals surface area contributed by atoms with Gasteiger partial charge in [-0.1, -0.05) is 0 Å². The monoisotopic (exact) mass is 207 g/mol. The number of aromatic nitrogens is 2. The molecule has 0 aliphatic heterocycles. The van der Waals surface area contributed by atoms with E-state index in [1.54, 1.807) is 24.1 Å². The molecule has 0 amide bonds. The van der Waals surface area contributed by atoms with Gasteiger partial charge in [-0.2, -0.15) is 0 Å². The Labute approximate surface area is 85.2 Å². The molecule has 0 radical (unpaired) electrons. The number of fused-ring (bicyclic) bond motifs is 1. The maximum absolute atomic E-state index is 10.6. The number of non-ortho nitro benzene ring substituents is 1. The molecule has 2 rings (SSSR count). The molecule has 6 nitrogen and oxygen atoms in total. The third-order valence-electron chi connectivity index (χ3n) is 2.08. The van der Waals surface area contributed by atoms with Crippen LogP contribution in [0.1, 0.15) is 0 Å². The van der Waals surface area contributed by atoms with Gasteiger partial charge in [-0.15, -0.1) is 0 Å². The number of imidazole rings is 1. The van der Waals surface area contributed by atoms with E-state index in [1.165, 1.54) is 12.1 Å². The molecule has 6 heteroatoms. The summed E-state index contributed by atoms with van der Waals surface area (Å²) in [5.41, 5.74) is 1.48. The Bertz CT molecular complexity index is 506. The fourth-order valence-corrected chi connectivity index (χ4v) is 1.40. The van der Waals surface area contributed by atoms with Crippen molar-refractivity contribution < 1.29 is 9.66 Å². The summed E-state index contributed by atoms with van der Waals surface area (Å²) in [5.74, 6) is 0. The van der Waals surface area contributed by atoms with Crippen LogP contribution in [0.4, 0.5) is 5.69 Å². The lowest BCUT2D eigenvalue weighted by Gasteiger charge is -2.00. The molecule has 78 valence electrons. The minimum absolute atomic E-state index is 0.0559. The summed E-state index contributed by atoms with van der Waals surface area (Å²) in [6.07, 6.45) is 1.60. The van der Waals surface area contributed by atoms with Gasteiger partial charge in [-0.05, 0) is 6.07 Å². The summed E-state index contributed by atoms with van der Waals surface area (Å²) in [5, 5.41) is 10.6. The standard InChI is InChI=1S/C9H9N3O3/c1-15-6-11-5-10-8-3-2-7(12(13)14)4-9(8)11/h2-5H,6H2,1H3. The molecule has 1 heterocycles. The molecule has 0 atom stereocenters. The highest BCUT2D eigenvalue weighted by Crippen LogP contribution is 2.19. The second-order valence-electron chi connectivity index (χ2n) is 3.06. The molecule has 15 heavy (non-hydrogen) atoms. The summed E-state index contributed by atoms with van der Waals surface area (Å²) in [6.45, 7) is 0.331. The molecule has 0 unspecified atom stereocenters. The van der Waals surface area contributed by atoms with Crippen LogP contribution < -0.4 is 0 Å². The maximum atomic E-state index is 10.6. The van der Waals surface area contributed by atoms with Crippen LogP contribution in [0.2, 0.25) is 0 Å². The van der Waals surface area contributed by atoms with E-state index in [1.807, 2.05) is 0 Å². The van der Waals surface area contributed by atoms with Gasteiger partial charge >= 0.3 is 0 Å². The molecule has 0 aliphatic rings. The van der Waals surface area contributed by atoms with Crippen molar-refractivity contribution in [2.75, 3.05) is 7.11 Å². The average molecular weight is 207 g/mol. The van der Waals surface area contributed by atoms with Crippen LogP contribution in [0, 0.1) is 10.1 Å². The third-order valence-corrected chi connectivity index (χ3v) is 2.08. The summed E-state index contributed by atoms with van der Waals surface area (Å²) in [7, 11) is 1.56. The second-order valence-corrected chi connectivity index (χ2v) is 3.06. The van der Waals surface area contributed by atoms with Crippen LogP contribution in [-0.4, -0.2) is 21.6 Å². The largest absolute Gasteiger partial charge is 0.364 e. The quantitative estimate of drug-likeness (QED) is 0.565. The molecule has 0 N–H and O–H groups in total. The van der Waals surface area contributed by atoms with E-state index >= 15 is 0 Å². The zero-order chi connectivity index (χ0) is 10.8. The van der Waals surface area contributed by atoms with Gasteiger partial charge in [0.1, 0.15) is 6.73 Å². The SMILES string of the molecule is COCn1cnc2ccc([N+](=O)[O-])cc21. The lowest BCUT2D eigenvalue weighted by molar-refractivity contribution is -0.384. The average Bonchev–Trinajstić information content (AvgIpc) is 2.61. The van der Waals surface area contributed by atoms with Gasteiger partial charge in [0.2, 0.25) is 0 Å². The van der Waals surface area contributed by atoms with Crippen LogP contribution in [0.15, 0.2) is 24.5 Å². The minimum atomic E-state index is -0.427. The van der Waals surface area contributed by atoms with Crippen molar-refractivity contribution in [3.63, 3.8) is 0 Å². The number of methoxy groups -OCH3 is 1. The minimum Gasteiger partial charge on any atom is -0.364 e. The van der Waals surface area contributed by atoms with Gasteiger partial charge in [0.05, 0.1) is 22.3 Å². The molecule has 0 saturated carbocycles. The predicted octanol–water partition coefficient (Wildman–Crippen LogP) is 1.55. The number of nitro benzene ring substituents is 1. The first-order chi connectivity index (χ1) is 7.22. The van der Waals surface area contributed by atoms with Crippen LogP contribution in [0.3, 0.4) is 0 Å². The lowest BCUT2D eigenvalue weighted by Crippen LogP contribution is -1.97. The van der Waals surface area contributed by atoms with E-state index in [0.29, 0.717) is 12.2 Å². The number of nitrogens with zero attached hydrogens (tertiary/aromatic N) is 3. The van der Waals surface area contributed by atoms with Crippen molar-refractivity contribution in [2.45, 2.75) is 6.73 Å². The van der Waals surface area contributed by atoms with E-state index in [0.717, 1.165) is 5.52 Å². The molecule has 0 bridgehead atoms. The molecule has 2 aromatic rings. The van der Waals surface area contributed by atoms with E-state index in [9.17, 15) is 10.1 Å². The van der Waals surface area contributed by atoms with Crippen molar-refractivity contribution in [2.24, 2.45) is 0 Å². The van der Waals surface area contributed by atoms with E-state index < -0.39 is 4.92 Å². The highest BCUT2D eigenvalue weighted by Gasteiger charge is 2.09. The number of nitro groups is 1. The van der Waals surface area contributed by atoms with Gasteiger partial charge in [0.25, 0.3) is 5.69 Å². The van der Waals surface area contributed by atoms with Gasteiger partial charge in [0, 0.05) is 19.2 Å².